The number of aliphatic imine (C=N–C) groups is 1. The van der Waals surface area contributed by atoms with Gasteiger partial charge in [-0.3, -0.25) is 4.79 Å². The first-order valence-electron chi connectivity index (χ1n) is 15.2. The zero-order valence-corrected chi connectivity index (χ0v) is 25.8. The van der Waals surface area contributed by atoms with Gasteiger partial charge in [0.2, 0.25) is 5.91 Å². The summed E-state index contributed by atoms with van der Waals surface area (Å²) in [7, 11) is 2.05. The highest BCUT2D eigenvalue weighted by molar-refractivity contribution is 6.03. The predicted octanol–water partition coefficient (Wildman–Crippen LogP) is 7.31. The molecule has 0 aromatic heterocycles. The molecule has 0 aliphatic carbocycles. The van der Waals surface area contributed by atoms with Crippen LogP contribution in [0.2, 0.25) is 0 Å². The van der Waals surface area contributed by atoms with Gasteiger partial charge in [-0.05, 0) is 86.8 Å². The average Bonchev–Trinajstić information content (AvgIpc) is 3.03. The summed E-state index contributed by atoms with van der Waals surface area (Å²) in [4.78, 5) is 22.7. The van der Waals surface area contributed by atoms with Crippen LogP contribution in [0.15, 0.2) is 89.1 Å². The molecule has 0 N–H and O–H groups in total. The van der Waals surface area contributed by atoms with E-state index in [0.29, 0.717) is 29.4 Å². The van der Waals surface area contributed by atoms with Crippen LogP contribution in [0.5, 0.6) is 0 Å². The molecule has 46 heavy (non-hydrogen) atoms. The van der Waals surface area contributed by atoms with Crippen LogP contribution in [0.1, 0.15) is 42.9 Å². The van der Waals surface area contributed by atoms with Crippen LogP contribution >= 0.6 is 0 Å². The molecule has 2 heterocycles. The molecule has 0 bridgehead atoms. The van der Waals surface area contributed by atoms with Crippen molar-refractivity contribution in [1.29, 1.82) is 0 Å². The molecule has 0 unspecified atom stereocenters. The summed E-state index contributed by atoms with van der Waals surface area (Å²) in [6.45, 7) is 7.61. The number of carbonyl (C=O) groups excluding carboxylic acids is 1. The van der Waals surface area contributed by atoms with Crippen molar-refractivity contribution in [3.8, 4) is 11.1 Å². The van der Waals surface area contributed by atoms with E-state index in [-0.39, 0.29) is 36.9 Å². The molecule has 242 valence electrons. The number of piperidine rings is 1. The molecule has 2 aliphatic rings. The minimum absolute atomic E-state index is 0.00935. The second-order valence-electron chi connectivity index (χ2n) is 11.8. The third kappa shape index (κ3) is 7.88. The van der Waals surface area contributed by atoms with Crippen LogP contribution in [-0.4, -0.2) is 65.0 Å². The molecule has 3 aromatic carbocycles. The van der Waals surface area contributed by atoms with Crippen molar-refractivity contribution < 1.29 is 26.7 Å². The van der Waals surface area contributed by atoms with Crippen LogP contribution in [0.25, 0.3) is 11.1 Å². The molecule has 0 atom stereocenters. The quantitative estimate of drug-likeness (QED) is 0.231. The van der Waals surface area contributed by atoms with Gasteiger partial charge in [-0.15, -0.1) is 0 Å². The molecule has 6 nitrogen and oxygen atoms in total. The zero-order valence-electron chi connectivity index (χ0n) is 25.8. The summed E-state index contributed by atoms with van der Waals surface area (Å²) in [5, 5.41) is 6.10. The van der Waals surface area contributed by atoms with E-state index in [9.17, 15) is 26.7 Å². The lowest BCUT2D eigenvalue weighted by Gasteiger charge is -2.38. The van der Waals surface area contributed by atoms with Gasteiger partial charge < -0.3 is 9.80 Å². The van der Waals surface area contributed by atoms with Crippen LogP contribution in [0, 0.1) is 11.6 Å². The Kier molecular flexibility index (Phi) is 10.0. The van der Waals surface area contributed by atoms with E-state index in [2.05, 4.69) is 21.6 Å². The average molecular weight is 638 g/mol. The van der Waals surface area contributed by atoms with E-state index in [4.69, 9.17) is 0 Å². The normalized spacial score (nSPS) is 16.3. The molecule has 1 fully saturated rings. The number of allylic oxidation sites excluding steroid dienone is 1. The molecule has 2 aliphatic heterocycles. The summed E-state index contributed by atoms with van der Waals surface area (Å²) in [5.74, 6) is -1.54. The van der Waals surface area contributed by atoms with E-state index in [1.165, 1.54) is 29.3 Å². The number of rotatable bonds is 9. The topological polar surface area (TPSA) is 51.5 Å². The molecule has 0 spiro atoms. The van der Waals surface area contributed by atoms with Crippen LogP contribution in [0.4, 0.5) is 22.0 Å². The Balaban J connectivity index is 1.33. The number of halogens is 5. The maximum atomic E-state index is 14.3. The highest BCUT2D eigenvalue weighted by atomic mass is 19.4. The van der Waals surface area contributed by atoms with Gasteiger partial charge >= 0.3 is 6.18 Å². The van der Waals surface area contributed by atoms with Gasteiger partial charge in [-0.25, -0.2) is 18.8 Å². The standard InChI is InChI=1S/C35H36F5N5O/c1-23-24(2)42-45(32(41-23)16-13-28-5-4-6-31(36)34(28)37)22-33(46)44(30-17-19-43(3)20-18-30)21-25-7-9-26(10-8-25)27-11-14-29(15-12-27)35(38,39)40/h4-12,14-15,30H,1,13,16-22H2,2-3H3. The van der Waals surface area contributed by atoms with Crippen LogP contribution in [0.3, 0.4) is 0 Å². The Morgan fingerprint density at radius 3 is 2.22 bits per heavy atom. The number of aryl methyl sites for hydroxylation is 1. The minimum atomic E-state index is -4.40. The van der Waals surface area contributed by atoms with Crippen molar-refractivity contribution in [2.45, 2.75) is 51.4 Å². The van der Waals surface area contributed by atoms with E-state index in [1.54, 1.807) is 6.92 Å². The van der Waals surface area contributed by atoms with E-state index in [0.717, 1.165) is 55.3 Å². The summed E-state index contributed by atoms with van der Waals surface area (Å²) in [6.07, 6.45) is -2.41. The summed E-state index contributed by atoms with van der Waals surface area (Å²) in [6, 6.07) is 16.5. The van der Waals surface area contributed by atoms with Gasteiger partial charge in [0.05, 0.1) is 17.0 Å². The Labute approximate surface area is 265 Å². The second kappa shape index (κ2) is 13.9. The minimum Gasteiger partial charge on any atom is -0.334 e. The van der Waals surface area contributed by atoms with Crippen LogP contribution in [-0.2, 0) is 23.9 Å². The van der Waals surface area contributed by atoms with Gasteiger partial charge in [0.15, 0.2) is 11.6 Å². The van der Waals surface area contributed by atoms with E-state index < -0.39 is 23.4 Å². The van der Waals surface area contributed by atoms with Crippen molar-refractivity contribution in [2.75, 3.05) is 26.7 Å². The van der Waals surface area contributed by atoms with Gasteiger partial charge in [-0.2, -0.15) is 18.3 Å². The highest BCUT2D eigenvalue weighted by Crippen LogP contribution is 2.31. The number of amidine groups is 1. The summed E-state index contributed by atoms with van der Waals surface area (Å²) < 4.78 is 67.1. The van der Waals surface area contributed by atoms with Crippen molar-refractivity contribution in [2.24, 2.45) is 10.1 Å². The van der Waals surface area contributed by atoms with Gasteiger partial charge in [0.25, 0.3) is 0 Å². The van der Waals surface area contributed by atoms with E-state index >= 15 is 0 Å². The van der Waals surface area contributed by atoms with Gasteiger partial charge in [0.1, 0.15) is 12.4 Å². The van der Waals surface area contributed by atoms with Crippen molar-refractivity contribution in [1.82, 2.24) is 14.8 Å². The van der Waals surface area contributed by atoms with Crippen molar-refractivity contribution in [3.63, 3.8) is 0 Å². The number of benzene rings is 3. The fourth-order valence-electron chi connectivity index (χ4n) is 5.69. The number of carbonyl (C=O) groups is 1. The molecule has 1 saturated heterocycles. The van der Waals surface area contributed by atoms with Gasteiger partial charge in [0, 0.05) is 19.0 Å². The number of hydrogen-bond donors (Lipinski definition) is 0. The molecule has 11 heteroatoms. The van der Waals surface area contributed by atoms with Gasteiger partial charge in [-0.1, -0.05) is 55.1 Å². The Hall–Kier alpha value is -4.38. The van der Waals surface area contributed by atoms with E-state index in [1.807, 2.05) is 36.2 Å². The second-order valence-corrected chi connectivity index (χ2v) is 11.8. The predicted molar refractivity (Wildman–Crippen MR) is 169 cm³/mol. The molecule has 0 saturated carbocycles. The number of likely N-dealkylation sites (tertiary alicyclic amines) is 1. The Bertz CT molecular complexity index is 1620. The maximum absolute atomic E-state index is 14.3. The molecule has 0 radical (unpaired) electrons. The summed E-state index contributed by atoms with van der Waals surface area (Å²) >= 11 is 0. The SMILES string of the molecule is C=C1N=C(CCc2cccc(F)c2F)N(CC(=O)N(Cc2ccc(-c3ccc(C(F)(F)F)cc3)cc2)C2CCN(C)CC2)N=C1C. The fourth-order valence-corrected chi connectivity index (χ4v) is 5.69. The lowest BCUT2D eigenvalue weighted by molar-refractivity contribution is -0.137. The lowest BCUT2D eigenvalue weighted by atomic mass is 10.0. The van der Waals surface area contributed by atoms with Crippen molar-refractivity contribution >= 4 is 17.5 Å². The lowest BCUT2D eigenvalue weighted by Crippen LogP contribution is -2.49. The monoisotopic (exact) mass is 637 g/mol. The first kappa shape index (κ1) is 33.0. The van der Waals surface area contributed by atoms with Crippen LogP contribution < -0.4 is 0 Å². The molecule has 5 rings (SSSR count). The van der Waals surface area contributed by atoms with Crippen molar-refractivity contribution in [3.05, 3.63) is 107 Å². The Morgan fingerprint density at radius 1 is 0.957 bits per heavy atom. The number of alkyl halides is 3. The Morgan fingerprint density at radius 2 is 1.59 bits per heavy atom. The third-order valence-electron chi connectivity index (χ3n) is 8.49. The highest BCUT2D eigenvalue weighted by Gasteiger charge is 2.31. The largest absolute Gasteiger partial charge is 0.416 e. The fraction of sp³-hybridized carbons (Fsp3) is 0.343. The molecule has 1 amide bonds. The molecule has 3 aromatic rings. The first-order valence-corrected chi connectivity index (χ1v) is 15.2. The summed E-state index contributed by atoms with van der Waals surface area (Å²) in [5.41, 5.74) is 2.81. The first-order chi connectivity index (χ1) is 21.9. The number of hydrazone groups is 1. The third-order valence-corrected chi connectivity index (χ3v) is 8.49. The number of nitrogens with zero attached hydrogens (tertiary/aromatic N) is 5. The number of amides is 1. The number of hydrogen-bond acceptors (Lipinski definition) is 5. The zero-order chi connectivity index (χ0) is 33.0. The maximum Gasteiger partial charge on any atom is 0.416 e. The molecular weight excluding hydrogens is 601 g/mol. The molecular formula is C35H36F5N5O. The smallest absolute Gasteiger partial charge is 0.334 e.